The van der Waals surface area contributed by atoms with Crippen LogP contribution in [-0.4, -0.2) is 25.2 Å². The SMILES string of the molecule is CCCCCCCC(C)C(C(=O)OCC)C(=O)OCC. The van der Waals surface area contributed by atoms with E-state index in [1.54, 1.807) is 13.8 Å². The van der Waals surface area contributed by atoms with E-state index in [1.165, 1.54) is 19.3 Å². The van der Waals surface area contributed by atoms with Gasteiger partial charge in [0.05, 0.1) is 13.2 Å². The second kappa shape index (κ2) is 11.7. The maximum absolute atomic E-state index is 11.9. The van der Waals surface area contributed by atoms with Gasteiger partial charge in [0, 0.05) is 0 Å². The van der Waals surface area contributed by atoms with E-state index in [4.69, 9.17) is 9.47 Å². The number of unbranched alkanes of at least 4 members (excludes halogenated alkanes) is 4. The summed E-state index contributed by atoms with van der Waals surface area (Å²) in [6.45, 7) is 8.18. The second-order valence-corrected chi connectivity index (χ2v) is 5.16. The van der Waals surface area contributed by atoms with Crippen LogP contribution in [0.1, 0.15) is 66.2 Å². The highest BCUT2D eigenvalue weighted by molar-refractivity contribution is 5.95. The molecule has 4 heteroatoms. The maximum atomic E-state index is 11.9. The highest BCUT2D eigenvalue weighted by Crippen LogP contribution is 2.22. The van der Waals surface area contributed by atoms with Gasteiger partial charge < -0.3 is 9.47 Å². The van der Waals surface area contributed by atoms with Crippen LogP contribution in [0.15, 0.2) is 0 Å². The Bertz CT molecular complexity index is 258. The first kappa shape index (κ1) is 18.9. The van der Waals surface area contributed by atoms with Crippen LogP contribution in [0.3, 0.4) is 0 Å². The summed E-state index contributed by atoms with van der Waals surface area (Å²) in [6, 6.07) is 0. The molecule has 118 valence electrons. The molecule has 0 aliphatic heterocycles. The van der Waals surface area contributed by atoms with Gasteiger partial charge in [0.2, 0.25) is 0 Å². The van der Waals surface area contributed by atoms with Crippen molar-refractivity contribution in [2.75, 3.05) is 13.2 Å². The minimum atomic E-state index is -0.777. The van der Waals surface area contributed by atoms with Crippen LogP contribution in [0.5, 0.6) is 0 Å². The van der Waals surface area contributed by atoms with Crippen LogP contribution in [-0.2, 0) is 19.1 Å². The minimum Gasteiger partial charge on any atom is -0.465 e. The molecule has 0 saturated carbocycles. The molecule has 0 spiro atoms. The Kier molecular flexibility index (Phi) is 11.1. The fraction of sp³-hybridized carbons (Fsp3) is 0.875. The lowest BCUT2D eigenvalue weighted by molar-refractivity contribution is -0.164. The van der Waals surface area contributed by atoms with Crippen molar-refractivity contribution < 1.29 is 19.1 Å². The molecule has 1 unspecified atom stereocenters. The molecule has 0 radical (unpaired) electrons. The lowest BCUT2D eigenvalue weighted by Crippen LogP contribution is -2.33. The van der Waals surface area contributed by atoms with Gasteiger partial charge in [0.15, 0.2) is 5.92 Å². The highest BCUT2D eigenvalue weighted by atomic mass is 16.6. The van der Waals surface area contributed by atoms with Gasteiger partial charge in [-0.25, -0.2) is 0 Å². The maximum Gasteiger partial charge on any atom is 0.320 e. The third-order valence-electron chi connectivity index (χ3n) is 3.41. The van der Waals surface area contributed by atoms with Crippen molar-refractivity contribution in [3.8, 4) is 0 Å². The van der Waals surface area contributed by atoms with Gasteiger partial charge in [-0.05, 0) is 26.2 Å². The first-order valence-electron chi connectivity index (χ1n) is 7.91. The Morgan fingerprint density at radius 3 is 1.80 bits per heavy atom. The lowest BCUT2D eigenvalue weighted by Gasteiger charge is -2.20. The first-order chi connectivity index (χ1) is 9.58. The summed E-state index contributed by atoms with van der Waals surface area (Å²) >= 11 is 0. The molecular formula is C16H30O4. The zero-order valence-corrected chi connectivity index (χ0v) is 13.4. The smallest absolute Gasteiger partial charge is 0.320 e. The van der Waals surface area contributed by atoms with Gasteiger partial charge >= 0.3 is 11.9 Å². The zero-order chi connectivity index (χ0) is 15.4. The molecule has 4 nitrogen and oxygen atoms in total. The van der Waals surface area contributed by atoms with Crippen molar-refractivity contribution >= 4 is 11.9 Å². The fourth-order valence-corrected chi connectivity index (χ4v) is 2.26. The van der Waals surface area contributed by atoms with Gasteiger partial charge in [0.25, 0.3) is 0 Å². The van der Waals surface area contributed by atoms with E-state index in [1.807, 2.05) is 6.92 Å². The van der Waals surface area contributed by atoms with E-state index in [-0.39, 0.29) is 19.1 Å². The molecule has 0 saturated heterocycles. The van der Waals surface area contributed by atoms with Crippen molar-refractivity contribution in [1.82, 2.24) is 0 Å². The lowest BCUT2D eigenvalue weighted by atomic mass is 9.89. The number of ether oxygens (including phenoxy) is 2. The zero-order valence-electron chi connectivity index (χ0n) is 13.4. The molecule has 0 aromatic carbocycles. The Morgan fingerprint density at radius 2 is 1.35 bits per heavy atom. The summed E-state index contributed by atoms with van der Waals surface area (Å²) in [5.74, 6) is -1.71. The van der Waals surface area contributed by atoms with Crippen LogP contribution in [0.2, 0.25) is 0 Å². The predicted molar refractivity (Wildman–Crippen MR) is 79.3 cm³/mol. The molecule has 0 amide bonds. The molecule has 0 aliphatic rings. The van der Waals surface area contributed by atoms with Crippen molar-refractivity contribution in [3.05, 3.63) is 0 Å². The van der Waals surface area contributed by atoms with Gasteiger partial charge in [-0.1, -0.05) is 46.0 Å². The molecule has 0 aromatic heterocycles. The van der Waals surface area contributed by atoms with Gasteiger partial charge in [-0.2, -0.15) is 0 Å². The van der Waals surface area contributed by atoms with E-state index in [9.17, 15) is 9.59 Å². The standard InChI is InChI=1S/C16H30O4/c1-5-8-9-10-11-12-13(4)14(15(17)19-6-2)16(18)20-7-3/h13-14H,5-12H2,1-4H3. The Labute approximate surface area is 123 Å². The average molecular weight is 286 g/mol. The summed E-state index contributed by atoms with van der Waals surface area (Å²) in [5, 5.41) is 0. The number of hydrogen-bond donors (Lipinski definition) is 0. The van der Waals surface area contributed by atoms with E-state index in [2.05, 4.69) is 6.92 Å². The monoisotopic (exact) mass is 286 g/mol. The van der Waals surface area contributed by atoms with Gasteiger partial charge in [-0.3, -0.25) is 9.59 Å². The summed E-state index contributed by atoms with van der Waals surface area (Å²) in [7, 11) is 0. The first-order valence-corrected chi connectivity index (χ1v) is 7.91. The van der Waals surface area contributed by atoms with Crippen molar-refractivity contribution in [1.29, 1.82) is 0 Å². The highest BCUT2D eigenvalue weighted by Gasteiger charge is 2.34. The summed E-state index contributed by atoms with van der Waals surface area (Å²) in [5.41, 5.74) is 0. The molecule has 0 aromatic rings. The summed E-state index contributed by atoms with van der Waals surface area (Å²) in [6.07, 6.45) is 6.71. The molecule has 20 heavy (non-hydrogen) atoms. The molecule has 0 N–H and O–H groups in total. The topological polar surface area (TPSA) is 52.6 Å². The van der Waals surface area contributed by atoms with Crippen LogP contribution in [0.4, 0.5) is 0 Å². The van der Waals surface area contributed by atoms with Crippen LogP contribution < -0.4 is 0 Å². The largest absolute Gasteiger partial charge is 0.465 e. The number of carbonyl (C=O) groups excluding carboxylic acids is 2. The van der Waals surface area contributed by atoms with E-state index in [0.29, 0.717) is 0 Å². The quantitative estimate of drug-likeness (QED) is 0.330. The normalized spacial score (nSPS) is 12.2. The minimum absolute atomic E-state index is 0.0327. The Morgan fingerprint density at radius 1 is 0.850 bits per heavy atom. The van der Waals surface area contributed by atoms with Gasteiger partial charge in [0.1, 0.15) is 0 Å². The van der Waals surface area contributed by atoms with Gasteiger partial charge in [-0.15, -0.1) is 0 Å². The molecule has 0 aliphatic carbocycles. The Balaban J connectivity index is 4.36. The van der Waals surface area contributed by atoms with Crippen molar-refractivity contribution in [2.24, 2.45) is 11.8 Å². The number of rotatable bonds is 11. The molecule has 0 fully saturated rings. The molecule has 1 atom stereocenters. The molecule has 0 bridgehead atoms. The Hall–Kier alpha value is -1.06. The molecule has 0 heterocycles. The van der Waals surface area contributed by atoms with Crippen LogP contribution in [0, 0.1) is 11.8 Å². The predicted octanol–water partition coefficient (Wildman–Crippen LogP) is 3.73. The molecule has 0 rings (SSSR count). The summed E-state index contributed by atoms with van der Waals surface area (Å²) in [4.78, 5) is 23.8. The van der Waals surface area contributed by atoms with Crippen LogP contribution in [0.25, 0.3) is 0 Å². The average Bonchev–Trinajstić information content (AvgIpc) is 2.39. The molecular weight excluding hydrogens is 256 g/mol. The number of hydrogen-bond acceptors (Lipinski definition) is 4. The third-order valence-corrected chi connectivity index (χ3v) is 3.41. The second-order valence-electron chi connectivity index (χ2n) is 5.16. The van der Waals surface area contributed by atoms with E-state index < -0.39 is 17.9 Å². The van der Waals surface area contributed by atoms with Crippen molar-refractivity contribution in [2.45, 2.75) is 66.2 Å². The summed E-state index contributed by atoms with van der Waals surface area (Å²) < 4.78 is 10.00. The fourth-order valence-electron chi connectivity index (χ4n) is 2.26. The number of carbonyl (C=O) groups is 2. The van der Waals surface area contributed by atoms with E-state index >= 15 is 0 Å². The van der Waals surface area contributed by atoms with E-state index in [0.717, 1.165) is 19.3 Å². The van der Waals surface area contributed by atoms with Crippen molar-refractivity contribution in [3.63, 3.8) is 0 Å². The number of esters is 2. The third kappa shape index (κ3) is 7.51. The van der Waals surface area contributed by atoms with Crippen LogP contribution >= 0.6 is 0 Å².